The van der Waals surface area contributed by atoms with E-state index in [9.17, 15) is 14.0 Å². The SMILES string of the molecule is O=C(NCCn1nc(-n2cncn2)ccc1=O)C1CC(c2ccc(F)cc2)NN1. The summed E-state index contributed by atoms with van der Waals surface area (Å²) in [6.45, 7) is 0.459. The first-order valence-corrected chi connectivity index (χ1v) is 9.07. The minimum Gasteiger partial charge on any atom is -0.353 e. The van der Waals surface area contributed by atoms with Gasteiger partial charge in [-0.05, 0) is 30.2 Å². The van der Waals surface area contributed by atoms with Crippen LogP contribution in [0.2, 0.25) is 0 Å². The first-order valence-electron chi connectivity index (χ1n) is 9.07. The summed E-state index contributed by atoms with van der Waals surface area (Å²) in [6.07, 6.45) is 3.38. The second kappa shape index (κ2) is 8.29. The van der Waals surface area contributed by atoms with Crippen LogP contribution in [0.15, 0.2) is 53.8 Å². The van der Waals surface area contributed by atoms with Crippen molar-refractivity contribution in [1.82, 2.24) is 40.7 Å². The highest BCUT2D eigenvalue weighted by atomic mass is 19.1. The molecule has 4 rings (SSSR count). The Labute approximate surface area is 164 Å². The lowest BCUT2D eigenvalue weighted by Crippen LogP contribution is -2.44. The molecule has 29 heavy (non-hydrogen) atoms. The van der Waals surface area contributed by atoms with Crippen molar-refractivity contribution in [2.24, 2.45) is 0 Å². The van der Waals surface area contributed by atoms with E-state index in [-0.39, 0.29) is 36.4 Å². The van der Waals surface area contributed by atoms with Crippen LogP contribution < -0.4 is 21.7 Å². The predicted octanol–water partition coefficient (Wildman–Crippen LogP) is -0.313. The third-order valence-corrected chi connectivity index (χ3v) is 4.62. The van der Waals surface area contributed by atoms with Crippen molar-refractivity contribution in [3.8, 4) is 5.82 Å². The third-order valence-electron chi connectivity index (χ3n) is 4.62. The van der Waals surface area contributed by atoms with Gasteiger partial charge in [-0.1, -0.05) is 12.1 Å². The van der Waals surface area contributed by atoms with Crippen molar-refractivity contribution < 1.29 is 9.18 Å². The Morgan fingerprint density at radius 2 is 2.03 bits per heavy atom. The number of halogens is 1. The van der Waals surface area contributed by atoms with Gasteiger partial charge in [-0.2, -0.15) is 5.10 Å². The molecule has 3 N–H and O–H groups in total. The minimum atomic E-state index is -0.434. The van der Waals surface area contributed by atoms with E-state index in [2.05, 4.69) is 31.3 Å². The van der Waals surface area contributed by atoms with Crippen LogP contribution >= 0.6 is 0 Å². The maximum atomic E-state index is 13.1. The molecule has 10 nitrogen and oxygen atoms in total. The standard InChI is InChI=1S/C18H19FN8O2/c19-13-3-1-12(2-4-13)14-9-15(24-23-14)18(29)21-7-8-26-17(28)6-5-16(25-26)27-11-20-10-22-27/h1-6,10-11,14-15,23-24H,7-9H2,(H,21,29). The summed E-state index contributed by atoms with van der Waals surface area (Å²) >= 11 is 0. The number of aromatic nitrogens is 5. The summed E-state index contributed by atoms with van der Waals surface area (Å²) in [5.74, 6) is -0.0365. The first-order chi connectivity index (χ1) is 14.1. The summed E-state index contributed by atoms with van der Waals surface area (Å²) in [4.78, 5) is 28.2. The quantitative estimate of drug-likeness (QED) is 0.521. The highest BCUT2D eigenvalue weighted by Crippen LogP contribution is 2.22. The van der Waals surface area contributed by atoms with E-state index in [4.69, 9.17) is 0 Å². The van der Waals surface area contributed by atoms with Crippen molar-refractivity contribution in [2.75, 3.05) is 6.54 Å². The average molecular weight is 398 g/mol. The van der Waals surface area contributed by atoms with Crippen molar-refractivity contribution in [2.45, 2.75) is 25.0 Å². The van der Waals surface area contributed by atoms with Crippen LogP contribution in [-0.4, -0.2) is 43.0 Å². The van der Waals surface area contributed by atoms with Crippen LogP contribution in [-0.2, 0) is 11.3 Å². The number of nitrogens with one attached hydrogen (secondary N) is 3. The molecule has 1 amide bonds. The van der Waals surface area contributed by atoms with Crippen LogP contribution in [0.3, 0.4) is 0 Å². The molecule has 0 spiro atoms. The lowest BCUT2D eigenvalue weighted by Gasteiger charge is -2.11. The second-order valence-corrected chi connectivity index (χ2v) is 6.57. The summed E-state index contributed by atoms with van der Waals surface area (Å²) < 4.78 is 15.8. The van der Waals surface area contributed by atoms with Crippen molar-refractivity contribution >= 4 is 5.91 Å². The number of hydrogen-bond donors (Lipinski definition) is 3. The highest BCUT2D eigenvalue weighted by molar-refractivity contribution is 5.82. The van der Waals surface area contributed by atoms with E-state index in [0.29, 0.717) is 12.2 Å². The number of hydrogen-bond acceptors (Lipinski definition) is 7. The fourth-order valence-electron chi connectivity index (χ4n) is 3.10. The fourth-order valence-corrected chi connectivity index (χ4v) is 3.10. The highest BCUT2D eigenvalue weighted by Gasteiger charge is 2.29. The predicted molar refractivity (Wildman–Crippen MR) is 100 cm³/mol. The van der Waals surface area contributed by atoms with Gasteiger partial charge >= 0.3 is 0 Å². The second-order valence-electron chi connectivity index (χ2n) is 6.57. The molecule has 0 bridgehead atoms. The van der Waals surface area contributed by atoms with E-state index in [1.54, 1.807) is 18.2 Å². The van der Waals surface area contributed by atoms with Crippen molar-refractivity contribution in [1.29, 1.82) is 0 Å². The molecular weight excluding hydrogens is 379 g/mol. The van der Waals surface area contributed by atoms with Crippen molar-refractivity contribution in [3.05, 3.63) is 70.8 Å². The maximum Gasteiger partial charge on any atom is 0.266 e. The Morgan fingerprint density at radius 3 is 2.79 bits per heavy atom. The average Bonchev–Trinajstić information content (AvgIpc) is 3.42. The van der Waals surface area contributed by atoms with Gasteiger partial charge in [0.05, 0.1) is 6.54 Å². The topological polar surface area (TPSA) is 119 Å². The van der Waals surface area contributed by atoms with E-state index in [0.717, 1.165) is 5.56 Å². The molecule has 2 unspecified atom stereocenters. The zero-order valence-corrected chi connectivity index (χ0v) is 15.3. The van der Waals surface area contributed by atoms with Gasteiger partial charge in [0.15, 0.2) is 5.82 Å². The number of benzene rings is 1. The van der Waals surface area contributed by atoms with Gasteiger partial charge in [0.1, 0.15) is 24.5 Å². The summed E-state index contributed by atoms with van der Waals surface area (Å²) in [6, 6.07) is 8.58. The first kappa shape index (κ1) is 18.9. The molecule has 1 fully saturated rings. The van der Waals surface area contributed by atoms with Crippen LogP contribution in [0, 0.1) is 5.82 Å². The molecule has 11 heteroatoms. The number of hydrazine groups is 1. The van der Waals surface area contributed by atoms with Gasteiger partial charge in [0, 0.05) is 18.7 Å². The van der Waals surface area contributed by atoms with Gasteiger partial charge < -0.3 is 5.32 Å². The molecule has 3 heterocycles. The number of amides is 1. The zero-order chi connectivity index (χ0) is 20.2. The number of rotatable bonds is 6. The Balaban J connectivity index is 1.31. The molecule has 2 atom stereocenters. The molecule has 1 saturated heterocycles. The molecule has 1 aliphatic rings. The van der Waals surface area contributed by atoms with E-state index in [1.165, 1.54) is 40.2 Å². The molecule has 150 valence electrons. The van der Waals surface area contributed by atoms with Crippen LogP contribution in [0.4, 0.5) is 4.39 Å². The maximum absolute atomic E-state index is 13.1. The smallest absolute Gasteiger partial charge is 0.266 e. The molecule has 0 aliphatic carbocycles. The van der Waals surface area contributed by atoms with Crippen molar-refractivity contribution in [3.63, 3.8) is 0 Å². The van der Waals surface area contributed by atoms with Crippen LogP contribution in [0.1, 0.15) is 18.0 Å². The lowest BCUT2D eigenvalue weighted by atomic mass is 10.0. The van der Waals surface area contributed by atoms with E-state index < -0.39 is 6.04 Å². The van der Waals surface area contributed by atoms with Crippen LogP contribution in [0.5, 0.6) is 0 Å². The minimum absolute atomic E-state index is 0.0880. The van der Waals surface area contributed by atoms with Crippen LogP contribution in [0.25, 0.3) is 5.82 Å². The monoisotopic (exact) mass is 398 g/mol. The summed E-state index contributed by atoms with van der Waals surface area (Å²) in [5.41, 5.74) is 6.62. The fraction of sp³-hybridized carbons (Fsp3) is 0.278. The lowest BCUT2D eigenvalue weighted by molar-refractivity contribution is -0.122. The van der Waals surface area contributed by atoms with E-state index >= 15 is 0 Å². The molecular formula is C18H19FN8O2. The largest absolute Gasteiger partial charge is 0.353 e. The van der Waals surface area contributed by atoms with Gasteiger partial charge in [0.2, 0.25) is 5.91 Å². The Hall–Kier alpha value is -3.44. The Bertz CT molecular complexity index is 1030. The van der Waals surface area contributed by atoms with Gasteiger partial charge in [-0.15, -0.1) is 5.10 Å². The summed E-state index contributed by atoms with van der Waals surface area (Å²) in [7, 11) is 0. The number of carbonyl (C=O) groups is 1. The molecule has 1 aromatic carbocycles. The molecule has 0 saturated carbocycles. The number of carbonyl (C=O) groups excluding carboxylic acids is 1. The number of nitrogens with zero attached hydrogens (tertiary/aromatic N) is 5. The summed E-state index contributed by atoms with van der Waals surface area (Å²) in [5, 5.41) is 11.0. The van der Waals surface area contributed by atoms with Gasteiger partial charge in [0.25, 0.3) is 5.56 Å². The third kappa shape index (κ3) is 4.36. The Morgan fingerprint density at radius 1 is 1.21 bits per heavy atom. The zero-order valence-electron chi connectivity index (χ0n) is 15.3. The van der Waals surface area contributed by atoms with Gasteiger partial charge in [-0.25, -0.2) is 29.6 Å². The Kier molecular flexibility index (Phi) is 5.40. The molecule has 3 aromatic rings. The molecule has 1 aliphatic heterocycles. The van der Waals surface area contributed by atoms with E-state index in [1.807, 2.05) is 0 Å². The van der Waals surface area contributed by atoms with Gasteiger partial charge in [-0.3, -0.25) is 9.59 Å². The molecule has 2 aromatic heterocycles. The normalized spacial score (nSPS) is 18.7. The molecule has 0 radical (unpaired) electrons.